The van der Waals surface area contributed by atoms with Crippen LogP contribution < -0.4 is 10.6 Å². The summed E-state index contributed by atoms with van der Waals surface area (Å²) in [5.41, 5.74) is 2.50. The zero-order valence-corrected chi connectivity index (χ0v) is 17.8. The van der Waals surface area contributed by atoms with E-state index in [2.05, 4.69) is 24.5 Å². The Kier molecular flexibility index (Phi) is 9.06. The second-order valence-electron chi connectivity index (χ2n) is 7.73. The first-order chi connectivity index (χ1) is 14.3. The van der Waals surface area contributed by atoms with Crippen LogP contribution >= 0.6 is 0 Å². The van der Waals surface area contributed by atoms with Crippen molar-refractivity contribution in [2.24, 2.45) is 5.92 Å². The molecule has 1 atom stereocenters. The Morgan fingerprint density at radius 3 is 2.13 bits per heavy atom. The predicted octanol–water partition coefficient (Wildman–Crippen LogP) is 3.57. The van der Waals surface area contributed by atoms with E-state index in [4.69, 9.17) is 4.74 Å². The van der Waals surface area contributed by atoms with Gasteiger partial charge in [0, 0.05) is 11.6 Å². The second kappa shape index (κ2) is 11.8. The van der Waals surface area contributed by atoms with Crippen molar-refractivity contribution in [3.63, 3.8) is 0 Å². The van der Waals surface area contributed by atoms with Gasteiger partial charge in [-0.25, -0.2) is 0 Å². The molecule has 2 amide bonds. The lowest BCUT2D eigenvalue weighted by Gasteiger charge is -2.15. The minimum Gasteiger partial charge on any atom is -0.454 e. The SMILES string of the molecule is CC(C)CC[C@@H](C)NC(=O)COC(=O)CNC(=O)c1ccc(-c2ccccc2)cc1. The lowest BCUT2D eigenvalue weighted by molar-refractivity contribution is -0.147. The van der Waals surface area contributed by atoms with Gasteiger partial charge in [0.1, 0.15) is 6.54 Å². The van der Waals surface area contributed by atoms with Crippen molar-refractivity contribution < 1.29 is 19.1 Å². The monoisotopic (exact) mass is 410 g/mol. The second-order valence-corrected chi connectivity index (χ2v) is 7.73. The summed E-state index contributed by atoms with van der Waals surface area (Å²) in [5.74, 6) is -0.810. The summed E-state index contributed by atoms with van der Waals surface area (Å²) >= 11 is 0. The molecule has 0 spiro atoms. The van der Waals surface area contributed by atoms with Crippen LogP contribution in [0.1, 0.15) is 44.0 Å². The molecule has 6 heteroatoms. The quantitative estimate of drug-likeness (QED) is 0.587. The van der Waals surface area contributed by atoms with Crippen LogP contribution in [-0.4, -0.2) is 37.0 Å². The van der Waals surface area contributed by atoms with Gasteiger partial charge in [-0.15, -0.1) is 0 Å². The maximum Gasteiger partial charge on any atom is 0.325 e. The lowest BCUT2D eigenvalue weighted by Crippen LogP contribution is -2.37. The van der Waals surface area contributed by atoms with Crippen molar-refractivity contribution in [3.05, 3.63) is 60.2 Å². The predicted molar refractivity (Wildman–Crippen MR) is 117 cm³/mol. The highest BCUT2D eigenvalue weighted by Gasteiger charge is 2.13. The summed E-state index contributed by atoms with van der Waals surface area (Å²) in [6, 6.07) is 17.0. The fourth-order valence-electron chi connectivity index (χ4n) is 2.87. The first-order valence-electron chi connectivity index (χ1n) is 10.2. The molecule has 0 saturated carbocycles. The highest BCUT2D eigenvalue weighted by molar-refractivity contribution is 5.96. The molecule has 0 radical (unpaired) electrons. The van der Waals surface area contributed by atoms with Crippen LogP contribution in [0.2, 0.25) is 0 Å². The van der Waals surface area contributed by atoms with E-state index in [1.54, 1.807) is 12.1 Å². The van der Waals surface area contributed by atoms with Crippen molar-refractivity contribution >= 4 is 17.8 Å². The van der Waals surface area contributed by atoms with Crippen molar-refractivity contribution in [2.45, 2.75) is 39.7 Å². The van der Waals surface area contributed by atoms with Crippen molar-refractivity contribution in [2.75, 3.05) is 13.2 Å². The van der Waals surface area contributed by atoms with E-state index >= 15 is 0 Å². The summed E-state index contributed by atoms with van der Waals surface area (Å²) in [5, 5.41) is 5.31. The van der Waals surface area contributed by atoms with E-state index < -0.39 is 5.97 Å². The van der Waals surface area contributed by atoms with Gasteiger partial charge >= 0.3 is 5.97 Å². The number of hydrogen-bond acceptors (Lipinski definition) is 4. The van der Waals surface area contributed by atoms with Crippen LogP contribution in [0.5, 0.6) is 0 Å². The first kappa shape index (κ1) is 23.1. The highest BCUT2D eigenvalue weighted by atomic mass is 16.5. The Labute approximate surface area is 178 Å². The largest absolute Gasteiger partial charge is 0.454 e. The zero-order chi connectivity index (χ0) is 21.9. The van der Waals surface area contributed by atoms with Gasteiger partial charge in [-0.05, 0) is 48.9 Å². The average Bonchev–Trinajstić information content (AvgIpc) is 2.75. The third kappa shape index (κ3) is 8.07. The number of amides is 2. The Morgan fingerprint density at radius 1 is 0.867 bits per heavy atom. The maximum absolute atomic E-state index is 12.2. The Morgan fingerprint density at radius 2 is 1.50 bits per heavy atom. The van der Waals surface area contributed by atoms with Crippen LogP contribution in [0.15, 0.2) is 54.6 Å². The molecule has 2 aromatic rings. The molecular formula is C24H30N2O4. The van der Waals surface area contributed by atoms with Crippen LogP contribution in [0.3, 0.4) is 0 Å². The number of hydrogen-bond donors (Lipinski definition) is 2. The molecule has 0 aliphatic carbocycles. The topological polar surface area (TPSA) is 84.5 Å². The number of rotatable bonds is 10. The van der Waals surface area contributed by atoms with Gasteiger partial charge in [0.15, 0.2) is 6.61 Å². The molecule has 0 aromatic heterocycles. The van der Waals surface area contributed by atoms with Crippen molar-refractivity contribution in [1.82, 2.24) is 10.6 Å². The molecule has 0 aliphatic rings. The molecule has 2 N–H and O–H groups in total. The van der Waals surface area contributed by atoms with Crippen LogP contribution in [0.25, 0.3) is 11.1 Å². The molecule has 0 saturated heterocycles. The minimum atomic E-state index is -0.658. The normalized spacial score (nSPS) is 11.6. The molecule has 2 aromatic carbocycles. The van der Waals surface area contributed by atoms with E-state index in [0.29, 0.717) is 11.5 Å². The minimum absolute atomic E-state index is 0.0252. The van der Waals surface area contributed by atoms with Gasteiger partial charge in [0.2, 0.25) is 0 Å². The van der Waals surface area contributed by atoms with E-state index in [-0.39, 0.29) is 31.0 Å². The number of carbonyl (C=O) groups excluding carboxylic acids is 3. The van der Waals surface area contributed by atoms with Crippen LogP contribution in [0, 0.1) is 5.92 Å². The summed E-state index contributed by atoms with van der Waals surface area (Å²) in [6.07, 6.45) is 1.88. The van der Waals surface area contributed by atoms with E-state index in [1.165, 1.54) is 0 Å². The molecule has 6 nitrogen and oxygen atoms in total. The first-order valence-corrected chi connectivity index (χ1v) is 10.2. The van der Waals surface area contributed by atoms with Gasteiger partial charge < -0.3 is 15.4 Å². The number of benzene rings is 2. The molecule has 2 rings (SSSR count). The average molecular weight is 411 g/mol. The van der Waals surface area contributed by atoms with Crippen molar-refractivity contribution in [1.29, 1.82) is 0 Å². The Hall–Kier alpha value is -3.15. The fourth-order valence-corrected chi connectivity index (χ4v) is 2.87. The van der Waals surface area contributed by atoms with Gasteiger partial charge in [0.05, 0.1) is 0 Å². The molecule has 160 valence electrons. The summed E-state index contributed by atoms with van der Waals surface area (Å²) < 4.78 is 4.93. The highest BCUT2D eigenvalue weighted by Crippen LogP contribution is 2.19. The van der Waals surface area contributed by atoms with Crippen LogP contribution in [-0.2, 0) is 14.3 Å². The number of esters is 1. The van der Waals surface area contributed by atoms with Gasteiger partial charge in [0.25, 0.3) is 11.8 Å². The summed E-state index contributed by atoms with van der Waals surface area (Å²) in [6.45, 7) is 5.53. The zero-order valence-electron chi connectivity index (χ0n) is 17.8. The van der Waals surface area contributed by atoms with E-state index in [9.17, 15) is 14.4 Å². The molecule has 0 fully saturated rings. The van der Waals surface area contributed by atoms with E-state index in [0.717, 1.165) is 24.0 Å². The standard InChI is InChI=1S/C24H30N2O4/c1-17(2)9-10-18(3)26-22(27)16-30-23(28)15-25-24(29)21-13-11-20(12-14-21)19-7-5-4-6-8-19/h4-8,11-14,17-18H,9-10,15-16H2,1-3H3,(H,25,29)(H,26,27)/t18-/m1/s1. The summed E-state index contributed by atoms with van der Waals surface area (Å²) in [4.78, 5) is 35.9. The van der Waals surface area contributed by atoms with Crippen LogP contribution in [0.4, 0.5) is 0 Å². The number of nitrogens with one attached hydrogen (secondary N) is 2. The van der Waals surface area contributed by atoms with Crippen molar-refractivity contribution in [3.8, 4) is 11.1 Å². The van der Waals surface area contributed by atoms with E-state index in [1.807, 2.05) is 49.4 Å². The molecule has 0 aliphatic heterocycles. The number of ether oxygens (including phenoxy) is 1. The smallest absolute Gasteiger partial charge is 0.325 e. The summed E-state index contributed by atoms with van der Waals surface area (Å²) in [7, 11) is 0. The maximum atomic E-state index is 12.2. The fraction of sp³-hybridized carbons (Fsp3) is 0.375. The third-order valence-corrected chi connectivity index (χ3v) is 4.60. The molecule has 0 unspecified atom stereocenters. The molecule has 30 heavy (non-hydrogen) atoms. The third-order valence-electron chi connectivity index (χ3n) is 4.60. The van der Waals surface area contributed by atoms with Gasteiger partial charge in [-0.1, -0.05) is 56.3 Å². The van der Waals surface area contributed by atoms with Gasteiger partial charge in [-0.3, -0.25) is 14.4 Å². The lowest BCUT2D eigenvalue weighted by atomic mass is 10.0. The Balaban J connectivity index is 1.71. The molecule has 0 heterocycles. The van der Waals surface area contributed by atoms with Gasteiger partial charge in [-0.2, -0.15) is 0 Å². The number of carbonyl (C=O) groups is 3. The Bertz CT molecular complexity index is 832. The molecular weight excluding hydrogens is 380 g/mol. The molecule has 0 bridgehead atoms.